The molecule has 0 bridgehead atoms. The average molecular weight is 166 g/mol. The van der Waals surface area contributed by atoms with Gasteiger partial charge in [-0.15, -0.1) is 0 Å². The highest BCUT2D eigenvalue weighted by atomic mass is 15.2. The second-order valence-corrected chi connectivity index (χ2v) is 2.59. The summed E-state index contributed by atoms with van der Waals surface area (Å²) in [5, 5.41) is 3.08. The van der Waals surface area contributed by atoms with Crippen LogP contribution in [-0.4, -0.2) is 37.2 Å². The van der Waals surface area contributed by atoms with Gasteiger partial charge in [-0.25, -0.2) is 9.97 Å². The number of rotatable bonds is 4. The molecule has 0 aliphatic carbocycles. The lowest BCUT2D eigenvalue weighted by Gasteiger charge is -2.16. The third kappa shape index (κ3) is 2.47. The van der Waals surface area contributed by atoms with Gasteiger partial charge in [0.1, 0.15) is 12.1 Å². The highest BCUT2D eigenvalue weighted by molar-refractivity contribution is 5.34. The van der Waals surface area contributed by atoms with Gasteiger partial charge in [0.2, 0.25) is 0 Å². The van der Waals surface area contributed by atoms with Crippen LogP contribution in [0.2, 0.25) is 0 Å². The van der Waals surface area contributed by atoms with Crippen LogP contribution in [0.4, 0.5) is 5.82 Å². The molecule has 4 nitrogen and oxygen atoms in total. The van der Waals surface area contributed by atoms with Gasteiger partial charge in [0.05, 0.1) is 0 Å². The summed E-state index contributed by atoms with van der Waals surface area (Å²) in [6.07, 6.45) is 3.31. The van der Waals surface area contributed by atoms with Crippen molar-refractivity contribution in [3.05, 3.63) is 18.6 Å². The molecule has 4 heteroatoms. The van der Waals surface area contributed by atoms with Crippen LogP contribution < -0.4 is 10.2 Å². The first kappa shape index (κ1) is 8.93. The summed E-state index contributed by atoms with van der Waals surface area (Å²) < 4.78 is 0. The smallest absolute Gasteiger partial charge is 0.131 e. The third-order valence-electron chi connectivity index (χ3n) is 1.65. The highest BCUT2D eigenvalue weighted by Gasteiger charge is 1.98. The Morgan fingerprint density at radius 2 is 2.42 bits per heavy atom. The van der Waals surface area contributed by atoms with Gasteiger partial charge in [-0.1, -0.05) is 0 Å². The minimum Gasteiger partial charge on any atom is -0.358 e. The molecule has 0 saturated carbocycles. The summed E-state index contributed by atoms with van der Waals surface area (Å²) in [5.74, 6) is 0.959. The monoisotopic (exact) mass is 166 g/mol. The van der Waals surface area contributed by atoms with Crippen LogP contribution in [0.15, 0.2) is 18.6 Å². The minimum absolute atomic E-state index is 0.952. The predicted octanol–water partition coefficient (Wildman–Crippen LogP) is 0.132. The van der Waals surface area contributed by atoms with Crippen molar-refractivity contribution in [3.8, 4) is 0 Å². The van der Waals surface area contributed by atoms with E-state index >= 15 is 0 Å². The summed E-state index contributed by atoms with van der Waals surface area (Å²) in [4.78, 5) is 10.1. The number of nitrogens with one attached hydrogen (secondary N) is 1. The van der Waals surface area contributed by atoms with E-state index in [0.717, 1.165) is 18.9 Å². The molecule has 0 radical (unpaired) electrons. The average Bonchev–Trinajstić information content (AvgIpc) is 2.15. The minimum atomic E-state index is 0.952. The van der Waals surface area contributed by atoms with Crippen LogP contribution in [-0.2, 0) is 0 Å². The fourth-order valence-electron chi connectivity index (χ4n) is 0.904. The summed E-state index contributed by atoms with van der Waals surface area (Å²) in [7, 11) is 3.95. The lowest BCUT2D eigenvalue weighted by molar-refractivity contribution is 0.760. The summed E-state index contributed by atoms with van der Waals surface area (Å²) in [6.45, 7) is 1.91. The van der Waals surface area contributed by atoms with Crippen molar-refractivity contribution in [1.82, 2.24) is 15.3 Å². The van der Waals surface area contributed by atoms with E-state index in [1.807, 2.05) is 20.2 Å². The second-order valence-electron chi connectivity index (χ2n) is 2.59. The summed E-state index contributed by atoms with van der Waals surface area (Å²) in [6, 6.07) is 1.90. The van der Waals surface area contributed by atoms with E-state index < -0.39 is 0 Å². The number of hydrogen-bond donors (Lipinski definition) is 1. The lowest BCUT2D eigenvalue weighted by Crippen LogP contribution is -2.27. The van der Waals surface area contributed by atoms with Gasteiger partial charge < -0.3 is 10.2 Å². The van der Waals surface area contributed by atoms with Gasteiger partial charge in [-0.05, 0) is 13.1 Å². The Morgan fingerprint density at radius 1 is 1.58 bits per heavy atom. The largest absolute Gasteiger partial charge is 0.358 e. The van der Waals surface area contributed by atoms with Crippen LogP contribution in [0.3, 0.4) is 0 Å². The number of anilines is 1. The molecule has 0 amide bonds. The number of hydrogen-bond acceptors (Lipinski definition) is 4. The zero-order chi connectivity index (χ0) is 8.81. The van der Waals surface area contributed by atoms with E-state index in [9.17, 15) is 0 Å². The Balaban J connectivity index is 2.48. The van der Waals surface area contributed by atoms with Crippen molar-refractivity contribution in [1.29, 1.82) is 0 Å². The molecule has 0 aliphatic rings. The molecular weight excluding hydrogens is 152 g/mol. The zero-order valence-corrected chi connectivity index (χ0v) is 7.49. The fraction of sp³-hybridized carbons (Fsp3) is 0.500. The van der Waals surface area contributed by atoms with E-state index in [1.165, 1.54) is 0 Å². The maximum absolute atomic E-state index is 4.12. The number of nitrogens with zero attached hydrogens (tertiary/aromatic N) is 3. The molecular formula is C8H14N4. The molecule has 12 heavy (non-hydrogen) atoms. The van der Waals surface area contributed by atoms with Crippen LogP contribution in [0.1, 0.15) is 0 Å². The van der Waals surface area contributed by atoms with Crippen molar-refractivity contribution in [2.75, 3.05) is 32.1 Å². The molecule has 0 aliphatic heterocycles. The molecule has 1 aromatic heterocycles. The fourth-order valence-corrected chi connectivity index (χ4v) is 0.904. The van der Waals surface area contributed by atoms with E-state index in [2.05, 4.69) is 20.2 Å². The van der Waals surface area contributed by atoms with Gasteiger partial charge in [0, 0.05) is 26.3 Å². The Hall–Kier alpha value is -1.16. The third-order valence-corrected chi connectivity index (χ3v) is 1.65. The molecule has 0 spiro atoms. The van der Waals surface area contributed by atoms with E-state index in [0.29, 0.717) is 0 Å². The quantitative estimate of drug-likeness (QED) is 0.690. The highest BCUT2D eigenvalue weighted by Crippen LogP contribution is 2.03. The Labute approximate surface area is 72.6 Å². The summed E-state index contributed by atoms with van der Waals surface area (Å²) >= 11 is 0. The van der Waals surface area contributed by atoms with Crippen molar-refractivity contribution in [2.24, 2.45) is 0 Å². The van der Waals surface area contributed by atoms with Gasteiger partial charge >= 0.3 is 0 Å². The molecule has 1 heterocycles. The van der Waals surface area contributed by atoms with E-state index in [4.69, 9.17) is 0 Å². The number of likely N-dealkylation sites (N-methyl/N-ethyl adjacent to an activating group) is 2. The van der Waals surface area contributed by atoms with Gasteiger partial charge in [-0.3, -0.25) is 0 Å². The van der Waals surface area contributed by atoms with Crippen molar-refractivity contribution in [3.63, 3.8) is 0 Å². The van der Waals surface area contributed by atoms with Crippen LogP contribution in [0, 0.1) is 0 Å². The molecule has 66 valence electrons. The normalized spacial score (nSPS) is 9.83. The first-order chi connectivity index (χ1) is 5.84. The zero-order valence-electron chi connectivity index (χ0n) is 7.49. The molecule has 0 saturated heterocycles. The maximum Gasteiger partial charge on any atom is 0.131 e. The van der Waals surface area contributed by atoms with Crippen LogP contribution in [0.5, 0.6) is 0 Å². The van der Waals surface area contributed by atoms with Crippen molar-refractivity contribution < 1.29 is 0 Å². The Kier molecular flexibility index (Phi) is 3.47. The van der Waals surface area contributed by atoms with E-state index in [1.54, 1.807) is 12.5 Å². The molecule has 1 rings (SSSR count). The lowest BCUT2D eigenvalue weighted by atomic mass is 10.5. The van der Waals surface area contributed by atoms with Gasteiger partial charge in [0.25, 0.3) is 0 Å². The first-order valence-electron chi connectivity index (χ1n) is 3.96. The maximum atomic E-state index is 4.12. The molecule has 0 atom stereocenters. The van der Waals surface area contributed by atoms with Crippen LogP contribution >= 0.6 is 0 Å². The molecule has 1 N–H and O–H groups in total. The standard InChI is InChI=1S/C8H14N4/c1-9-5-6-12(2)8-3-4-10-7-11-8/h3-4,7,9H,5-6H2,1-2H3. The van der Waals surface area contributed by atoms with Gasteiger partial charge in [-0.2, -0.15) is 0 Å². The van der Waals surface area contributed by atoms with Crippen LogP contribution in [0.25, 0.3) is 0 Å². The first-order valence-corrected chi connectivity index (χ1v) is 3.96. The molecule has 0 fully saturated rings. The molecule has 0 aromatic carbocycles. The second kappa shape index (κ2) is 4.66. The predicted molar refractivity (Wildman–Crippen MR) is 49.2 cm³/mol. The molecule has 1 aromatic rings. The Morgan fingerprint density at radius 3 is 3.00 bits per heavy atom. The summed E-state index contributed by atoms with van der Waals surface area (Å²) in [5.41, 5.74) is 0. The van der Waals surface area contributed by atoms with Gasteiger partial charge in [0.15, 0.2) is 0 Å². The topological polar surface area (TPSA) is 41.0 Å². The van der Waals surface area contributed by atoms with Crippen molar-refractivity contribution >= 4 is 5.82 Å². The molecule has 0 unspecified atom stereocenters. The number of aromatic nitrogens is 2. The SMILES string of the molecule is CNCCN(C)c1ccncn1. The Bertz CT molecular complexity index is 212. The van der Waals surface area contributed by atoms with E-state index in [-0.39, 0.29) is 0 Å². The van der Waals surface area contributed by atoms with Crippen molar-refractivity contribution in [2.45, 2.75) is 0 Å².